The number of ether oxygens (including phenoxy) is 2. The van der Waals surface area contributed by atoms with E-state index >= 15 is 0 Å². The van der Waals surface area contributed by atoms with Crippen molar-refractivity contribution in [2.75, 3.05) is 13.2 Å². The first kappa shape index (κ1) is 16.5. The molecule has 0 atom stereocenters. The zero-order valence-electron chi connectivity index (χ0n) is 10.4. The largest absolute Gasteiger partial charge is 0.497 e. The van der Waals surface area contributed by atoms with Crippen LogP contribution in [0, 0.1) is 0 Å². The molecule has 4 nitrogen and oxygen atoms in total. The predicted molar refractivity (Wildman–Crippen MR) is 56.6 cm³/mol. The first-order valence-corrected chi connectivity index (χ1v) is 5.44. The minimum absolute atomic E-state index is 0.0101. The standard InChI is InChI=1S/C11H15F3O4/c1-4-7(17-5-2)8(10(16)18-6-3)9(15)11(12,13)14/h4-6H2,1-3H3. The van der Waals surface area contributed by atoms with E-state index in [2.05, 4.69) is 4.74 Å². The Morgan fingerprint density at radius 1 is 1.00 bits per heavy atom. The fraction of sp³-hybridized carbons (Fsp3) is 0.636. The van der Waals surface area contributed by atoms with Crippen LogP contribution in [0.4, 0.5) is 13.2 Å². The first-order valence-electron chi connectivity index (χ1n) is 5.44. The molecule has 0 heterocycles. The summed E-state index contributed by atoms with van der Waals surface area (Å²) in [6.07, 6.45) is -5.15. The molecule has 0 aromatic rings. The third-order valence-electron chi connectivity index (χ3n) is 1.88. The van der Waals surface area contributed by atoms with E-state index in [1.54, 1.807) is 0 Å². The summed E-state index contributed by atoms with van der Waals surface area (Å²) in [5.74, 6) is -3.87. The summed E-state index contributed by atoms with van der Waals surface area (Å²) in [5.41, 5.74) is -1.08. The number of Topliss-reactive ketones (excluding diaryl/α,β-unsaturated/α-hetero) is 1. The molecule has 0 radical (unpaired) electrons. The number of halogens is 3. The van der Waals surface area contributed by atoms with Crippen molar-refractivity contribution in [3.05, 3.63) is 11.3 Å². The van der Waals surface area contributed by atoms with Crippen LogP contribution in [0.3, 0.4) is 0 Å². The monoisotopic (exact) mass is 268 g/mol. The Morgan fingerprint density at radius 3 is 1.83 bits per heavy atom. The zero-order chi connectivity index (χ0) is 14.3. The number of carbonyl (C=O) groups excluding carboxylic acids is 2. The van der Waals surface area contributed by atoms with Crippen LogP contribution in [0.15, 0.2) is 11.3 Å². The molecule has 7 heteroatoms. The van der Waals surface area contributed by atoms with Gasteiger partial charge in [-0.1, -0.05) is 6.92 Å². The van der Waals surface area contributed by atoms with E-state index in [9.17, 15) is 22.8 Å². The number of ketones is 1. The van der Waals surface area contributed by atoms with Crippen LogP contribution in [-0.2, 0) is 19.1 Å². The Bertz CT molecular complexity index is 345. The molecule has 0 saturated heterocycles. The quantitative estimate of drug-likeness (QED) is 0.244. The third kappa shape index (κ3) is 4.38. The van der Waals surface area contributed by atoms with Crippen LogP contribution in [0.25, 0.3) is 0 Å². The molecule has 0 aliphatic carbocycles. The van der Waals surface area contributed by atoms with Crippen LogP contribution in [0.1, 0.15) is 27.2 Å². The number of rotatable bonds is 6. The molecule has 18 heavy (non-hydrogen) atoms. The molecule has 0 unspecified atom stereocenters. The Labute approximate surface area is 103 Å². The maximum atomic E-state index is 12.4. The zero-order valence-corrected chi connectivity index (χ0v) is 10.4. The lowest BCUT2D eigenvalue weighted by Crippen LogP contribution is -2.31. The summed E-state index contributed by atoms with van der Waals surface area (Å²) >= 11 is 0. The highest BCUT2D eigenvalue weighted by molar-refractivity contribution is 6.19. The van der Waals surface area contributed by atoms with Crippen molar-refractivity contribution in [1.82, 2.24) is 0 Å². The maximum Gasteiger partial charge on any atom is 0.455 e. The number of alkyl halides is 3. The molecule has 0 bridgehead atoms. The van der Waals surface area contributed by atoms with E-state index in [0.717, 1.165) is 0 Å². The normalized spacial score (nSPS) is 12.8. The molecular weight excluding hydrogens is 253 g/mol. The van der Waals surface area contributed by atoms with Crippen molar-refractivity contribution in [3.63, 3.8) is 0 Å². The van der Waals surface area contributed by atoms with Gasteiger partial charge in [0.2, 0.25) is 0 Å². The summed E-state index contributed by atoms with van der Waals surface area (Å²) in [6, 6.07) is 0. The van der Waals surface area contributed by atoms with Gasteiger partial charge in [-0.05, 0) is 13.8 Å². The lowest BCUT2D eigenvalue weighted by molar-refractivity contribution is -0.169. The lowest BCUT2D eigenvalue weighted by atomic mass is 10.1. The van der Waals surface area contributed by atoms with Gasteiger partial charge in [0.25, 0.3) is 5.78 Å². The Morgan fingerprint density at radius 2 is 1.50 bits per heavy atom. The van der Waals surface area contributed by atoms with E-state index in [0.29, 0.717) is 0 Å². The Balaban J connectivity index is 5.55. The van der Waals surface area contributed by atoms with Crippen LogP contribution < -0.4 is 0 Å². The third-order valence-corrected chi connectivity index (χ3v) is 1.88. The molecule has 104 valence electrons. The van der Waals surface area contributed by atoms with Gasteiger partial charge in [0.05, 0.1) is 13.2 Å². The highest BCUT2D eigenvalue weighted by Gasteiger charge is 2.45. The Kier molecular flexibility index (Phi) is 6.43. The van der Waals surface area contributed by atoms with Crippen molar-refractivity contribution < 1.29 is 32.2 Å². The number of esters is 1. The molecule has 0 aromatic carbocycles. The molecule has 0 N–H and O–H groups in total. The summed E-state index contributed by atoms with van der Waals surface area (Å²) in [5, 5.41) is 0. The molecule has 0 spiro atoms. The second-order valence-electron chi connectivity index (χ2n) is 3.13. The fourth-order valence-corrected chi connectivity index (χ4v) is 1.20. The highest BCUT2D eigenvalue weighted by atomic mass is 19.4. The van der Waals surface area contributed by atoms with Crippen molar-refractivity contribution in [2.24, 2.45) is 0 Å². The predicted octanol–water partition coefficient (Wildman–Crippen LogP) is 2.38. The average molecular weight is 268 g/mol. The van der Waals surface area contributed by atoms with Crippen molar-refractivity contribution in [3.8, 4) is 0 Å². The number of allylic oxidation sites excluding steroid dienone is 1. The molecule has 0 rings (SSSR count). The Hall–Kier alpha value is -1.53. The molecule has 0 aliphatic heterocycles. The van der Waals surface area contributed by atoms with E-state index < -0.39 is 23.5 Å². The van der Waals surface area contributed by atoms with Crippen molar-refractivity contribution in [1.29, 1.82) is 0 Å². The van der Waals surface area contributed by atoms with Gasteiger partial charge in [0.15, 0.2) is 0 Å². The van der Waals surface area contributed by atoms with Gasteiger partial charge in [-0.2, -0.15) is 13.2 Å². The van der Waals surface area contributed by atoms with Gasteiger partial charge >= 0.3 is 12.1 Å². The van der Waals surface area contributed by atoms with Gasteiger partial charge in [0.1, 0.15) is 11.3 Å². The number of hydrogen-bond donors (Lipinski definition) is 0. The molecule has 0 fully saturated rings. The summed E-state index contributed by atoms with van der Waals surface area (Å²) in [4.78, 5) is 22.6. The maximum absolute atomic E-state index is 12.4. The van der Waals surface area contributed by atoms with E-state index in [1.807, 2.05) is 0 Å². The van der Waals surface area contributed by atoms with Crippen molar-refractivity contribution in [2.45, 2.75) is 33.4 Å². The molecular formula is C11H15F3O4. The van der Waals surface area contributed by atoms with E-state index in [-0.39, 0.29) is 25.4 Å². The van der Waals surface area contributed by atoms with Gasteiger partial charge in [-0.15, -0.1) is 0 Å². The number of carbonyl (C=O) groups is 2. The van der Waals surface area contributed by atoms with E-state index in [4.69, 9.17) is 4.74 Å². The summed E-state index contributed by atoms with van der Waals surface area (Å²) in [7, 11) is 0. The molecule has 0 amide bonds. The van der Waals surface area contributed by atoms with Gasteiger partial charge in [0, 0.05) is 6.42 Å². The second-order valence-corrected chi connectivity index (χ2v) is 3.13. The SMILES string of the molecule is CCOC(=O)C(C(=O)C(F)(F)F)=C(CC)OCC. The van der Waals surface area contributed by atoms with Gasteiger partial charge in [-0.25, -0.2) is 4.79 Å². The molecule has 0 saturated carbocycles. The van der Waals surface area contributed by atoms with Crippen LogP contribution >= 0.6 is 0 Å². The van der Waals surface area contributed by atoms with Crippen LogP contribution in [0.5, 0.6) is 0 Å². The van der Waals surface area contributed by atoms with Gasteiger partial charge < -0.3 is 9.47 Å². The fourth-order valence-electron chi connectivity index (χ4n) is 1.20. The minimum atomic E-state index is -5.14. The van der Waals surface area contributed by atoms with Gasteiger partial charge in [-0.3, -0.25) is 4.79 Å². The summed E-state index contributed by atoms with van der Waals surface area (Å²) in [6.45, 7) is 4.37. The topological polar surface area (TPSA) is 52.6 Å². The highest BCUT2D eigenvalue weighted by Crippen LogP contribution is 2.25. The average Bonchev–Trinajstić information content (AvgIpc) is 2.27. The van der Waals surface area contributed by atoms with Crippen LogP contribution in [0.2, 0.25) is 0 Å². The van der Waals surface area contributed by atoms with Crippen LogP contribution in [-0.4, -0.2) is 31.1 Å². The van der Waals surface area contributed by atoms with Crippen molar-refractivity contribution >= 4 is 11.8 Å². The second kappa shape index (κ2) is 7.03. The lowest BCUT2D eigenvalue weighted by Gasteiger charge is -2.14. The first-order chi connectivity index (χ1) is 8.29. The minimum Gasteiger partial charge on any atom is -0.497 e. The smallest absolute Gasteiger partial charge is 0.455 e. The molecule has 0 aromatic heterocycles. The molecule has 0 aliphatic rings. The number of hydrogen-bond acceptors (Lipinski definition) is 4. The summed E-state index contributed by atoms with van der Waals surface area (Å²) < 4.78 is 46.5. The van der Waals surface area contributed by atoms with E-state index in [1.165, 1.54) is 20.8 Å².